The van der Waals surface area contributed by atoms with Crippen molar-refractivity contribution in [3.63, 3.8) is 0 Å². The van der Waals surface area contributed by atoms with Gasteiger partial charge in [0.1, 0.15) is 69.9 Å². The van der Waals surface area contributed by atoms with Gasteiger partial charge in [0.2, 0.25) is 12.2 Å². The zero-order chi connectivity index (χ0) is 57.9. The van der Waals surface area contributed by atoms with Crippen LogP contribution in [-0.2, 0) is 47.4 Å². The molecule has 26 nitrogen and oxygen atoms in total. The van der Waals surface area contributed by atoms with Crippen LogP contribution in [0.25, 0.3) is 0 Å². The Morgan fingerprint density at radius 2 is 1.12 bits per heavy atom. The molecule has 0 bridgehead atoms. The van der Waals surface area contributed by atoms with E-state index in [2.05, 4.69) is 31.9 Å². The summed E-state index contributed by atoms with van der Waals surface area (Å²) in [5.74, 6) is -0.672. The molecule has 0 radical (unpaired) electrons. The van der Waals surface area contributed by atoms with Crippen molar-refractivity contribution < 1.29 is 91.8 Å². The molecule has 1 saturated carbocycles. The van der Waals surface area contributed by atoms with Crippen LogP contribution in [0.15, 0.2) is 11.8 Å². The average Bonchev–Trinajstić information content (AvgIpc) is 3.21. The summed E-state index contributed by atoms with van der Waals surface area (Å²) in [5, 5.41) is 63.7. The molecule has 3 rings (SSSR count). The molecule has 12 atom stereocenters. The van der Waals surface area contributed by atoms with E-state index in [9.17, 15) is 49.2 Å². The Morgan fingerprint density at radius 1 is 0.658 bits per heavy atom. The fraction of sp³-hybridized carbons (Fsp3) is 0.840. The summed E-state index contributed by atoms with van der Waals surface area (Å²) in [6.45, 7) is 26.2. The van der Waals surface area contributed by atoms with E-state index < -0.39 is 144 Å². The van der Waals surface area contributed by atoms with Gasteiger partial charge in [0.15, 0.2) is 6.29 Å². The molecule has 0 unspecified atom stereocenters. The lowest BCUT2D eigenvalue weighted by Crippen LogP contribution is -2.71. The summed E-state index contributed by atoms with van der Waals surface area (Å²) in [6.07, 6.45) is -14.9. The van der Waals surface area contributed by atoms with Crippen molar-refractivity contribution in [1.29, 1.82) is 0 Å². The van der Waals surface area contributed by atoms with Gasteiger partial charge in [-0.2, -0.15) is 0 Å². The number of carbonyl (C=O) groups excluding carboxylic acids is 6. The minimum atomic E-state index is -1.93. The quantitative estimate of drug-likeness (QED) is 0.0739. The van der Waals surface area contributed by atoms with Gasteiger partial charge in [0.25, 0.3) is 0 Å². The maximum absolute atomic E-state index is 13.9. The van der Waals surface area contributed by atoms with E-state index in [1.165, 1.54) is 14.0 Å². The van der Waals surface area contributed by atoms with Gasteiger partial charge >= 0.3 is 30.5 Å². The number of hydrogen-bond donors (Lipinski definition) is 10. The largest absolute Gasteiger partial charge is 0.466 e. The summed E-state index contributed by atoms with van der Waals surface area (Å²) in [6, 6.07) is -5.10. The Bertz CT molecular complexity index is 1990. The van der Waals surface area contributed by atoms with Crippen LogP contribution >= 0.6 is 0 Å². The molecule has 2 aliphatic heterocycles. The van der Waals surface area contributed by atoms with Gasteiger partial charge in [-0.15, -0.1) is 0 Å². The molecular formula is C50H89N7O19. The number of likely N-dealkylation sites (N-methyl/N-ethyl adjacent to an activating group) is 1. The maximum Gasteiger partial charge on any atom is 0.410 e. The number of rotatable bonds is 17. The highest BCUT2D eigenvalue weighted by atomic mass is 16.7. The van der Waals surface area contributed by atoms with Crippen molar-refractivity contribution >= 4 is 36.4 Å². The number of ether oxygens (including phenoxy) is 9. The lowest BCUT2D eigenvalue weighted by molar-refractivity contribution is -0.311. The highest BCUT2D eigenvalue weighted by Crippen LogP contribution is 2.35. The van der Waals surface area contributed by atoms with Crippen molar-refractivity contribution in [2.75, 3.05) is 39.8 Å². The monoisotopic (exact) mass is 1090 g/mol. The van der Waals surface area contributed by atoms with Crippen LogP contribution < -0.4 is 31.9 Å². The number of nitrogens with one attached hydrogen (secondary N) is 6. The molecule has 2 heterocycles. The van der Waals surface area contributed by atoms with Gasteiger partial charge in [0.05, 0.1) is 37.3 Å². The van der Waals surface area contributed by atoms with Gasteiger partial charge in [-0.25, -0.2) is 24.0 Å². The molecule has 0 aromatic heterocycles. The Labute approximate surface area is 446 Å². The van der Waals surface area contributed by atoms with Crippen molar-refractivity contribution in [3.05, 3.63) is 11.8 Å². The first-order chi connectivity index (χ1) is 34.6. The van der Waals surface area contributed by atoms with Gasteiger partial charge in [-0.1, -0.05) is 0 Å². The second-order valence-electron chi connectivity index (χ2n) is 24.3. The number of amides is 6. The second kappa shape index (κ2) is 26.6. The fourth-order valence-corrected chi connectivity index (χ4v) is 8.06. The number of nitrogens with zero attached hydrogens (tertiary/aromatic N) is 1. The van der Waals surface area contributed by atoms with E-state index in [4.69, 9.17) is 42.6 Å². The number of alkyl carbamates (subject to hydrolysis) is 4. The predicted molar refractivity (Wildman–Crippen MR) is 272 cm³/mol. The summed E-state index contributed by atoms with van der Waals surface area (Å²) < 4.78 is 52.5. The Balaban J connectivity index is 2.09. The lowest BCUT2D eigenvalue weighted by Gasteiger charge is -2.50. The predicted octanol–water partition coefficient (Wildman–Crippen LogP) is 2.52. The van der Waals surface area contributed by atoms with Gasteiger partial charge < -0.3 is 99.9 Å². The van der Waals surface area contributed by atoms with E-state index in [1.807, 2.05) is 0 Å². The van der Waals surface area contributed by atoms with Crippen LogP contribution in [0.3, 0.4) is 0 Å². The molecule has 10 N–H and O–H groups in total. The molecule has 26 heteroatoms. The second-order valence-corrected chi connectivity index (χ2v) is 24.3. The third-order valence-corrected chi connectivity index (χ3v) is 11.0. The molecule has 1 aliphatic carbocycles. The lowest BCUT2D eigenvalue weighted by atomic mass is 9.82. The van der Waals surface area contributed by atoms with E-state index >= 15 is 0 Å². The Kier molecular flexibility index (Phi) is 22.9. The molecule has 438 valence electrons. The molecule has 0 aromatic carbocycles. The zero-order valence-corrected chi connectivity index (χ0v) is 47.4. The molecule has 0 aromatic rings. The number of aliphatic hydroxyl groups excluding tert-OH is 3. The molecule has 76 heavy (non-hydrogen) atoms. The zero-order valence-electron chi connectivity index (χ0n) is 47.4. The average molecular weight is 1090 g/mol. The smallest absolute Gasteiger partial charge is 0.410 e. The van der Waals surface area contributed by atoms with Crippen molar-refractivity contribution in [2.24, 2.45) is 0 Å². The first-order valence-electron chi connectivity index (χ1n) is 25.6. The van der Waals surface area contributed by atoms with Gasteiger partial charge in [-0.3, -0.25) is 4.79 Å². The fourth-order valence-electron chi connectivity index (χ4n) is 8.06. The van der Waals surface area contributed by atoms with Crippen LogP contribution in [0, 0.1) is 0 Å². The van der Waals surface area contributed by atoms with Crippen LogP contribution in [0.4, 0.5) is 24.0 Å². The van der Waals surface area contributed by atoms with Crippen LogP contribution in [0.5, 0.6) is 0 Å². The van der Waals surface area contributed by atoms with E-state index in [0.717, 1.165) is 4.90 Å². The van der Waals surface area contributed by atoms with E-state index in [0.29, 0.717) is 5.76 Å². The SMILES string of the molecule is CN(C(=O)OC(C)(C)C)[C@@H]1[C@@H](O)[C@@H](O[C@@H]2[C@@H](O)[C@H](O[C@H]3OC(CNCCNC(=O)OC(C)(C)C)=CC[C@H]3NC(=O)OC(C)(C)C)[C@@H](NC(=O)OC(C)(C)C)C[C@H]2NC(=O)[C@@H](O)CCNC(=O)OC(C)(C)C)OC[C@]1(C)O. The van der Waals surface area contributed by atoms with Gasteiger partial charge in [0, 0.05) is 26.7 Å². The molecular weight excluding hydrogens is 1000 g/mol. The Morgan fingerprint density at radius 3 is 1.63 bits per heavy atom. The number of aliphatic hydroxyl groups is 4. The minimum Gasteiger partial charge on any atom is -0.466 e. The first kappa shape index (κ1) is 65.3. The third kappa shape index (κ3) is 22.6. The molecule has 2 fully saturated rings. The van der Waals surface area contributed by atoms with Crippen LogP contribution in [0.2, 0.25) is 0 Å². The van der Waals surface area contributed by atoms with Crippen molar-refractivity contribution in [1.82, 2.24) is 36.8 Å². The Hall–Kier alpha value is -4.96. The maximum atomic E-state index is 13.9. The number of hydrogen-bond acceptors (Lipinski definition) is 20. The van der Waals surface area contributed by atoms with E-state index in [-0.39, 0.29) is 45.4 Å². The topological polar surface area (TPSA) is 342 Å². The van der Waals surface area contributed by atoms with Crippen molar-refractivity contribution in [3.8, 4) is 0 Å². The van der Waals surface area contributed by atoms with Crippen molar-refractivity contribution in [2.45, 2.75) is 231 Å². The highest BCUT2D eigenvalue weighted by Gasteiger charge is 2.55. The molecule has 0 spiro atoms. The van der Waals surface area contributed by atoms with Gasteiger partial charge in [-0.05, 0) is 136 Å². The number of carbonyl (C=O) groups is 6. The van der Waals surface area contributed by atoms with E-state index in [1.54, 1.807) is 110 Å². The summed E-state index contributed by atoms with van der Waals surface area (Å²) >= 11 is 0. The molecule has 3 aliphatic rings. The normalized spacial score (nSPS) is 27.7. The third-order valence-electron chi connectivity index (χ3n) is 11.0. The van der Waals surface area contributed by atoms with Crippen LogP contribution in [0.1, 0.15) is 130 Å². The summed E-state index contributed by atoms with van der Waals surface area (Å²) in [7, 11) is 1.30. The van der Waals surface area contributed by atoms with Crippen LogP contribution in [-0.4, -0.2) is 202 Å². The first-order valence-corrected chi connectivity index (χ1v) is 25.6. The molecule has 6 amide bonds. The standard InChI is InChI=1S/C50H89N7O19/c1-45(2,3)72-40(62)52-21-20-31(58)37(61)54-29-24-30(56-43(65)75-48(10,11)12)35(32(59)34(29)71-39-33(60)36(50(16,67)26-68-39)57(17)44(66)76-49(13,14)15)70-38-28(55-42(64)74-47(7,8)9)19-18-27(69-38)25-51-22-23-53-41(63)73-46(4,5)6/h18,28-36,38-39,51,58-60,67H,19-26H2,1-17H3,(H,52,62)(H,53,63)(H,54,61)(H,55,64)(H,56,65)/t28-,29-,30+,31+,32-,33-,34+,35-,36-,38-,39-,50+/m1/s1. The summed E-state index contributed by atoms with van der Waals surface area (Å²) in [5.41, 5.74) is -6.31. The highest BCUT2D eigenvalue weighted by molar-refractivity contribution is 5.81. The summed E-state index contributed by atoms with van der Waals surface area (Å²) in [4.78, 5) is 79.7. The minimum absolute atomic E-state index is 0.0941. The molecule has 1 saturated heterocycles.